The molecule has 9 rings (SSSR count). The third-order valence-electron chi connectivity index (χ3n) is 13.8. The molecule has 294 valence electrons. The van der Waals surface area contributed by atoms with E-state index in [4.69, 9.17) is 18.8 Å². The van der Waals surface area contributed by atoms with E-state index in [1.165, 1.54) is 11.3 Å². The van der Waals surface area contributed by atoms with Crippen molar-refractivity contribution < 1.29 is 38.0 Å². The zero-order valence-corrected chi connectivity index (χ0v) is 32.8. The van der Waals surface area contributed by atoms with Gasteiger partial charge in [-0.2, -0.15) is 0 Å². The molecule has 4 saturated carbocycles. The number of carbonyl (C=O) groups is 4. The number of benzene rings is 1. The maximum Gasteiger partial charge on any atom is 0.481 e. The first-order valence-corrected chi connectivity index (χ1v) is 20.7. The number of nitrogens with one attached hydrogen (secondary N) is 2. The fourth-order valence-electron chi connectivity index (χ4n) is 10.8. The van der Waals surface area contributed by atoms with Crippen LogP contribution >= 0.6 is 0 Å². The molecule has 4 aliphatic carbocycles. The summed E-state index contributed by atoms with van der Waals surface area (Å²) in [6.07, 6.45) is 9.35. The Morgan fingerprint density at radius 2 is 1.61 bits per heavy atom. The molecular formula is C41H59BN4O8. The number of nitrogens with zero attached hydrogens (tertiary/aromatic N) is 2. The Bertz CT molecular complexity index is 1630. The third kappa shape index (κ3) is 6.90. The summed E-state index contributed by atoms with van der Waals surface area (Å²) < 4.78 is 25.4. The minimum absolute atomic E-state index is 0.0431. The van der Waals surface area contributed by atoms with Gasteiger partial charge in [-0.3, -0.25) is 14.5 Å². The molecule has 3 saturated heterocycles. The Kier molecular flexibility index (Phi) is 9.76. The summed E-state index contributed by atoms with van der Waals surface area (Å²) >= 11 is 0. The highest BCUT2D eigenvalue weighted by Crippen LogP contribution is 2.79. The van der Waals surface area contributed by atoms with E-state index in [2.05, 4.69) is 24.5 Å². The second-order valence-electron chi connectivity index (χ2n) is 18.9. The smallest absolute Gasteiger partial charge is 0.444 e. The molecule has 4 aliphatic heterocycles. The van der Waals surface area contributed by atoms with Gasteiger partial charge >= 0.3 is 19.3 Å². The van der Waals surface area contributed by atoms with Crippen molar-refractivity contribution in [3.8, 4) is 0 Å². The summed E-state index contributed by atoms with van der Waals surface area (Å²) in [5.74, 6) is -0.00699. The monoisotopic (exact) mass is 746 g/mol. The lowest BCUT2D eigenvalue weighted by atomic mass is 9.47. The van der Waals surface area contributed by atoms with Crippen molar-refractivity contribution in [1.29, 1.82) is 0 Å². The van der Waals surface area contributed by atoms with Gasteiger partial charge in [-0.05, 0) is 74.8 Å². The number of carbonyl (C=O) groups excluding carboxylic acids is 4. The number of hydrogen-bond donors (Lipinski definition) is 2. The Balaban J connectivity index is 1.02. The molecule has 4 heterocycles. The van der Waals surface area contributed by atoms with Crippen LogP contribution in [0.2, 0.25) is 0 Å². The molecule has 13 heteroatoms. The average Bonchev–Trinajstić information content (AvgIpc) is 3.44. The van der Waals surface area contributed by atoms with Crippen molar-refractivity contribution in [3.05, 3.63) is 35.4 Å². The van der Waals surface area contributed by atoms with Crippen LogP contribution in [-0.4, -0.2) is 88.4 Å². The summed E-state index contributed by atoms with van der Waals surface area (Å²) in [5.41, 5.74) is 1.10. The van der Waals surface area contributed by atoms with Gasteiger partial charge in [0.2, 0.25) is 11.8 Å². The SMILES string of the molecule is CC(C)(C)OC(=O)N[C@H]1CCCCCCCCC[C@@H](B2O[C@@]34C[C@H]5C[C@H](C5(C)C)[C@]3(C4)O2)NC(=O)[C@@H]2C[C@@H](OC(=O)N3Cc4ccccc4C3)CN2C1=O. The van der Waals surface area contributed by atoms with Gasteiger partial charge in [-0.15, -0.1) is 0 Å². The molecule has 1 aromatic rings. The predicted octanol–water partition coefficient (Wildman–Crippen LogP) is 6.03. The number of amides is 4. The standard InChI is InChI=1S/C41H59BN4O8/c1-38(2,3)52-36(49)43-30-17-11-9-7-6-8-10-12-18-33(42-53-40-21-28-19-32(39(28,4)5)41(40,25-40)54-42)44-34(47)31-20-29(24-46(31)35(30)48)51-37(50)45-22-26-15-13-14-16-27(26)23-45/h13-16,28-33H,6-12,17-25H2,1-5H3,(H,43,49)(H,44,47)/t28-,29-,30+,31+,32-,33+,40-,41+/m1/s1. The summed E-state index contributed by atoms with van der Waals surface area (Å²) in [6, 6.07) is 6.12. The van der Waals surface area contributed by atoms with Crippen molar-refractivity contribution in [3.63, 3.8) is 0 Å². The van der Waals surface area contributed by atoms with Crippen molar-refractivity contribution in [2.45, 2.75) is 172 Å². The zero-order valence-electron chi connectivity index (χ0n) is 32.8. The van der Waals surface area contributed by atoms with Gasteiger partial charge in [0.25, 0.3) is 0 Å². The third-order valence-corrected chi connectivity index (χ3v) is 13.8. The molecule has 0 spiro atoms. The van der Waals surface area contributed by atoms with Gasteiger partial charge in [0.15, 0.2) is 0 Å². The van der Waals surface area contributed by atoms with Crippen LogP contribution in [0, 0.1) is 17.3 Å². The lowest BCUT2D eigenvalue weighted by Crippen LogP contribution is -2.59. The van der Waals surface area contributed by atoms with Crippen molar-refractivity contribution in [1.82, 2.24) is 20.4 Å². The maximum atomic E-state index is 14.6. The molecule has 0 radical (unpaired) electrons. The predicted molar refractivity (Wildman–Crippen MR) is 201 cm³/mol. The van der Waals surface area contributed by atoms with Crippen LogP contribution in [0.25, 0.3) is 0 Å². The van der Waals surface area contributed by atoms with Crippen LogP contribution in [-0.2, 0) is 41.5 Å². The van der Waals surface area contributed by atoms with E-state index in [0.29, 0.717) is 37.8 Å². The second kappa shape index (κ2) is 14.0. The molecule has 2 bridgehead atoms. The molecule has 54 heavy (non-hydrogen) atoms. The highest BCUT2D eigenvalue weighted by atomic mass is 16.7. The van der Waals surface area contributed by atoms with E-state index >= 15 is 0 Å². The van der Waals surface area contributed by atoms with E-state index in [1.807, 2.05) is 24.3 Å². The van der Waals surface area contributed by atoms with E-state index in [1.54, 1.807) is 25.7 Å². The lowest BCUT2D eigenvalue weighted by Gasteiger charge is -2.60. The highest BCUT2D eigenvalue weighted by molar-refractivity contribution is 6.48. The van der Waals surface area contributed by atoms with E-state index < -0.39 is 43.1 Å². The topological polar surface area (TPSA) is 136 Å². The molecule has 0 aromatic heterocycles. The largest absolute Gasteiger partial charge is 0.481 e. The minimum atomic E-state index is -0.911. The van der Waals surface area contributed by atoms with Crippen LogP contribution in [0.1, 0.15) is 129 Å². The molecule has 1 aromatic carbocycles. The summed E-state index contributed by atoms with van der Waals surface area (Å²) in [5, 5.41) is 6.14. The van der Waals surface area contributed by atoms with Crippen LogP contribution < -0.4 is 10.6 Å². The zero-order chi connectivity index (χ0) is 38.0. The van der Waals surface area contributed by atoms with E-state index in [0.717, 1.165) is 68.9 Å². The molecule has 2 N–H and O–H groups in total. The summed E-state index contributed by atoms with van der Waals surface area (Å²) in [6.45, 7) is 11.0. The number of rotatable bonds is 3. The van der Waals surface area contributed by atoms with Gasteiger partial charge in [-0.25, -0.2) is 9.59 Å². The number of alkyl carbamates (subject to hydrolysis) is 1. The van der Waals surface area contributed by atoms with Crippen molar-refractivity contribution in [2.24, 2.45) is 17.3 Å². The fourth-order valence-corrected chi connectivity index (χ4v) is 10.8. The Morgan fingerprint density at radius 1 is 0.944 bits per heavy atom. The number of fused-ring (bicyclic) bond motifs is 2. The molecule has 7 fully saturated rings. The molecule has 0 unspecified atom stereocenters. The van der Waals surface area contributed by atoms with Crippen LogP contribution in [0.4, 0.5) is 9.59 Å². The Morgan fingerprint density at radius 3 is 2.28 bits per heavy atom. The highest BCUT2D eigenvalue weighted by Gasteiger charge is 2.86. The van der Waals surface area contributed by atoms with Gasteiger partial charge in [0.1, 0.15) is 23.8 Å². The first kappa shape index (κ1) is 37.6. The first-order valence-electron chi connectivity index (χ1n) is 20.7. The lowest BCUT2D eigenvalue weighted by molar-refractivity contribution is -0.152. The van der Waals surface area contributed by atoms with Crippen molar-refractivity contribution >= 4 is 31.1 Å². The molecule has 4 amide bonds. The van der Waals surface area contributed by atoms with Crippen LogP contribution in [0.15, 0.2) is 24.3 Å². The molecule has 8 atom stereocenters. The summed E-state index contributed by atoms with van der Waals surface area (Å²) in [7, 11) is -0.561. The summed E-state index contributed by atoms with van der Waals surface area (Å²) in [4.78, 5) is 58.8. The van der Waals surface area contributed by atoms with E-state index in [-0.39, 0.29) is 47.3 Å². The normalized spacial score (nSPS) is 36.2. The van der Waals surface area contributed by atoms with Gasteiger partial charge in [-0.1, -0.05) is 83.1 Å². The fraction of sp³-hybridized carbons (Fsp3) is 0.756. The van der Waals surface area contributed by atoms with Gasteiger partial charge in [0.05, 0.1) is 23.7 Å². The molecule has 8 aliphatic rings. The molecule has 12 nitrogen and oxygen atoms in total. The Labute approximate surface area is 320 Å². The first-order chi connectivity index (χ1) is 25.7. The average molecular weight is 747 g/mol. The maximum absolute atomic E-state index is 14.6. The quantitative estimate of drug-likeness (QED) is 0.358. The minimum Gasteiger partial charge on any atom is -0.444 e. The molecular weight excluding hydrogens is 687 g/mol. The van der Waals surface area contributed by atoms with Crippen LogP contribution in [0.3, 0.4) is 0 Å². The second-order valence-corrected chi connectivity index (χ2v) is 18.9. The Hall–Kier alpha value is -3.32. The van der Waals surface area contributed by atoms with E-state index in [9.17, 15) is 19.2 Å². The number of hydrogen-bond acceptors (Lipinski definition) is 8. The number of ether oxygens (including phenoxy) is 2. The van der Waals surface area contributed by atoms with Crippen LogP contribution in [0.5, 0.6) is 0 Å². The van der Waals surface area contributed by atoms with Crippen molar-refractivity contribution in [2.75, 3.05) is 6.54 Å². The van der Waals surface area contributed by atoms with Gasteiger partial charge < -0.3 is 34.3 Å². The van der Waals surface area contributed by atoms with Gasteiger partial charge in [0, 0.05) is 25.9 Å².